The van der Waals surface area contributed by atoms with Crippen molar-refractivity contribution in [2.45, 2.75) is 45.8 Å². The van der Waals surface area contributed by atoms with Gasteiger partial charge in [-0.2, -0.15) is 0 Å². The van der Waals surface area contributed by atoms with E-state index in [4.69, 9.17) is 4.74 Å². The molecule has 1 aromatic carbocycles. The first-order valence-electron chi connectivity index (χ1n) is 8.23. The van der Waals surface area contributed by atoms with Gasteiger partial charge in [0.15, 0.2) is 0 Å². The summed E-state index contributed by atoms with van der Waals surface area (Å²) in [7, 11) is 1.52. The summed E-state index contributed by atoms with van der Waals surface area (Å²) in [6, 6.07) is 6.82. The van der Waals surface area contributed by atoms with E-state index in [0.717, 1.165) is 0 Å². The highest BCUT2D eigenvalue weighted by Crippen LogP contribution is 2.31. The van der Waals surface area contributed by atoms with Crippen molar-refractivity contribution in [2.24, 2.45) is 0 Å². The number of fused-ring (bicyclic) bond motifs is 1. The molecule has 3 amide bonds. The van der Waals surface area contributed by atoms with Crippen molar-refractivity contribution in [2.75, 3.05) is 23.8 Å². The number of nitrogens with zero attached hydrogens (tertiary/aromatic N) is 2. The molecule has 25 heavy (non-hydrogen) atoms. The average Bonchev–Trinajstić information content (AvgIpc) is 2.59. The topological polar surface area (TPSA) is 79.0 Å². The normalized spacial score (nSPS) is 17.2. The molecular formula is C18H25N3O4. The summed E-state index contributed by atoms with van der Waals surface area (Å²) in [5, 5.41) is 2.81. The molecule has 7 nitrogen and oxygen atoms in total. The van der Waals surface area contributed by atoms with Gasteiger partial charge < -0.3 is 19.9 Å². The van der Waals surface area contributed by atoms with E-state index in [1.54, 1.807) is 49.9 Å². The van der Waals surface area contributed by atoms with Gasteiger partial charge in [0, 0.05) is 19.5 Å². The summed E-state index contributed by atoms with van der Waals surface area (Å²) in [5.74, 6) is -0.416. The lowest BCUT2D eigenvalue weighted by atomic mass is 10.1. The van der Waals surface area contributed by atoms with Crippen LogP contribution in [0.2, 0.25) is 0 Å². The molecule has 1 heterocycles. The maximum atomic E-state index is 12.8. The Bertz CT molecular complexity index is 681. The van der Waals surface area contributed by atoms with E-state index in [-0.39, 0.29) is 30.8 Å². The van der Waals surface area contributed by atoms with Crippen molar-refractivity contribution in [3.8, 4) is 0 Å². The third kappa shape index (κ3) is 4.71. The maximum Gasteiger partial charge on any atom is 0.410 e. The van der Waals surface area contributed by atoms with E-state index in [1.807, 2.05) is 6.92 Å². The molecule has 0 unspecified atom stereocenters. The lowest BCUT2D eigenvalue weighted by molar-refractivity contribution is -0.120. The molecule has 0 aliphatic carbocycles. The lowest BCUT2D eigenvalue weighted by Gasteiger charge is -2.30. The highest BCUT2D eigenvalue weighted by atomic mass is 16.6. The fourth-order valence-corrected chi connectivity index (χ4v) is 2.65. The zero-order valence-electron chi connectivity index (χ0n) is 15.3. The van der Waals surface area contributed by atoms with E-state index >= 15 is 0 Å². The van der Waals surface area contributed by atoms with Gasteiger partial charge in [0.25, 0.3) is 0 Å². The van der Waals surface area contributed by atoms with Crippen LogP contribution < -0.4 is 10.2 Å². The first-order chi connectivity index (χ1) is 11.6. The average molecular weight is 347 g/mol. The Morgan fingerprint density at radius 2 is 1.96 bits per heavy atom. The molecule has 0 saturated carbocycles. The Morgan fingerprint density at radius 3 is 2.60 bits per heavy atom. The highest BCUT2D eigenvalue weighted by Gasteiger charge is 2.31. The number of carbonyl (C=O) groups is 3. The van der Waals surface area contributed by atoms with Crippen LogP contribution in [0.4, 0.5) is 16.2 Å². The number of benzene rings is 1. The maximum absolute atomic E-state index is 12.8. The smallest absolute Gasteiger partial charge is 0.410 e. The van der Waals surface area contributed by atoms with Gasteiger partial charge >= 0.3 is 6.09 Å². The Balaban J connectivity index is 2.20. The Labute approximate surface area is 147 Å². The van der Waals surface area contributed by atoms with Gasteiger partial charge in [-0.15, -0.1) is 0 Å². The molecule has 0 fully saturated rings. The second-order valence-electron chi connectivity index (χ2n) is 7.22. The number of ether oxygens (including phenoxy) is 1. The third-order valence-electron chi connectivity index (χ3n) is 3.71. The Hall–Kier alpha value is -2.57. The van der Waals surface area contributed by atoms with Gasteiger partial charge in [-0.3, -0.25) is 9.59 Å². The summed E-state index contributed by atoms with van der Waals surface area (Å²) in [6.45, 7) is 6.98. The van der Waals surface area contributed by atoms with E-state index in [1.165, 1.54) is 11.9 Å². The number of para-hydroxylation sites is 2. The van der Waals surface area contributed by atoms with Gasteiger partial charge in [0.2, 0.25) is 11.8 Å². The summed E-state index contributed by atoms with van der Waals surface area (Å²) in [4.78, 5) is 39.7. The summed E-state index contributed by atoms with van der Waals surface area (Å²) >= 11 is 0. The Kier molecular flexibility index (Phi) is 5.35. The molecule has 136 valence electrons. The van der Waals surface area contributed by atoms with Crippen LogP contribution in [0, 0.1) is 0 Å². The number of nitrogens with one attached hydrogen (secondary N) is 1. The second-order valence-corrected chi connectivity index (χ2v) is 7.22. The van der Waals surface area contributed by atoms with Crippen LogP contribution in [-0.4, -0.2) is 48.0 Å². The van der Waals surface area contributed by atoms with Gasteiger partial charge in [0.1, 0.15) is 12.1 Å². The molecule has 1 atom stereocenters. The van der Waals surface area contributed by atoms with Crippen molar-refractivity contribution < 1.29 is 19.1 Å². The van der Waals surface area contributed by atoms with Crippen molar-refractivity contribution in [3.05, 3.63) is 24.3 Å². The van der Waals surface area contributed by atoms with Gasteiger partial charge in [-0.05, 0) is 39.8 Å². The van der Waals surface area contributed by atoms with Gasteiger partial charge in [-0.1, -0.05) is 12.1 Å². The quantitative estimate of drug-likeness (QED) is 0.892. The molecule has 1 aliphatic rings. The fourth-order valence-electron chi connectivity index (χ4n) is 2.65. The van der Waals surface area contributed by atoms with Crippen LogP contribution in [0.25, 0.3) is 0 Å². The van der Waals surface area contributed by atoms with Gasteiger partial charge in [0.05, 0.1) is 11.4 Å². The molecule has 7 heteroatoms. The van der Waals surface area contributed by atoms with E-state index < -0.39 is 11.7 Å². The predicted octanol–water partition coefficient (Wildman–Crippen LogP) is 2.62. The minimum atomic E-state index is -0.632. The molecule has 0 radical (unpaired) electrons. The first-order valence-corrected chi connectivity index (χ1v) is 8.23. The molecular weight excluding hydrogens is 322 g/mol. The number of likely N-dealkylation sites (N-methyl/N-ethyl adjacent to an activating group) is 1. The number of hydrogen-bond donors (Lipinski definition) is 1. The molecule has 0 aromatic heterocycles. The molecule has 0 saturated heterocycles. The number of rotatable bonds is 2. The number of amides is 3. The number of hydrogen-bond acceptors (Lipinski definition) is 4. The molecule has 1 N–H and O–H groups in total. The van der Waals surface area contributed by atoms with Crippen LogP contribution in [0.1, 0.15) is 34.1 Å². The molecule has 1 aromatic rings. The van der Waals surface area contributed by atoms with Crippen molar-refractivity contribution in [3.63, 3.8) is 0 Å². The second kappa shape index (κ2) is 7.13. The van der Waals surface area contributed by atoms with Gasteiger partial charge in [-0.25, -0.2) is 4.79 Å². The third-order valence-corrected chi connectivity index (χ3v) is 3.71. The van der Waals surface area contributed by atoms with Crippen LogP contribution in [0.5, 0.6) is 0 Å². The van der Waals surface area contributed by atoms with Crippen molar-refractivity contribution >= 4 is 29.3 Å². The largest absolute Gasteiger partial charge is 0.444 e. The van der Waals surface area contributed by atoms with Crippen molar-refractivity contribution in [1.29, 1.82) is 0 Å². The summed E-state index contributed by atoms with van der Waals surface area (Å²) in [6.07, 6.45) is -0.373. The Morgan fingerprint density at radius 1 is 1.32 bits per heavy atom. The first kappa shape index (κ1) is 18.8. The van der Waals surface area contributed by atoms with Crippen LogP contribution in [0.15, 0.2) is 24.3 Å². The van der Waals surface area contributed by atoms with E-state index in [9.17, 15) is 14.4 Å². The highest BCUT2D eigenvalue weighted by molar-refractivity contribution is 6.05. The standard InChI is InChI=1S/C18H25N3O4/c1-12-10-15(22)19-13-8-6-7-9-14(13)21(12)16(23)11-20(5)17(24)25-18(2,3)4/h6-9,12H,10-11H2,1-5H3,(H,19,22)/t12-/m0/s1. The number of anilines is 2. The SMILES string of the molecule is C[C@H]1CC(=O)Nc2ccccc2N1C(=O)CN(C)C(=O)OC(C)(C)C. The minimum Gasteiger partial charge on any atom is -0.444 e. The number of carbonyl (C=O) groups excluding carboxylic acids is 3. The zero-order valence-corrected chi connectivity index (χ0v) is 15.3. The zero-order chi connectivity index (χ0) is 18.8. The monoisotopic (exact) mass is 347 g/mol. The van der Waals surface area contributed by atoms with Crippen LogP contribution >= 0.6 is 0 Å². The van der Waals surface area contributed by atoms with E-state index in [2.05, 4.69) is 5.32 Å². The molecule has 0 spiro atoms. The summed E-state index contributed by atoms with van der Waals surface area (Å²) < 4.78 is 5.28. The van der Waals surface area contributed by atoms with Crippen LogP contribution in [0.3, 0.4) is 0 Å². The predicted molar refractivity (Wildman–Crippen MR) is 95.5 cm³/mol. The summed E-state index contributed by atoms with van der Waals surface area (Å²) in [5.41, 5.74) is 0.585. The molecule has 1 aliphatic heterocycles. The van der Waals surface area contributed by atoms with Crippen molar-refractivity contribution in [1.82, 2.24) is 4.90 Å². The molecule has 2 rings (SSSR count). The fraction of sp³-hybridized carbons (Fsp3) is 0.500. The van der Waals surface area contributed by atoms with Crippen LogP contribution in [-0.2, 0) is 14.3 Å². The lowest BCUT2D eigenvalue weighted by Crippen LogP contribution is -2.46. The van der Waals surface area contributed by atoms with E-state index in [0.29, 0.717) is 11.4 Å². The molecule has 0 bridgehead atoms. The minimum absolute atomic E-state index is 0.137.